The third kappa shape index (κ3) is 3.69. The van der Waals surface area contributed by atoms with Gasteiger partial charge in [-0.25, -0.2) is 4.68 Å². The second-order valence-corrected chi connectivity index (χ2v) is 8.36. The number of carbonyl (C=O) groups excluding carboxylic acids is 1. The first-order valence-electron chi connectivity index (χ1n) is 8.53. The maximum absolute atomic E-state index is 12.4. The molecular formula is C18H17N7OS2. The molecule has 0 saturated heterocycles. The van der Waals surface area contributed by atoms with Gasteiger partial charge >= 0.3 is 0 Å². The van der Waals surface area contributed by atoms with Crippen molar-refractivity contribution in [3.63, 3.8) is 0 Å². The number of hydrogen-bond donors (Lipinski definition) is 1. The summed E-state index contributed by atoms with van der Waals surface area (Å²) in [6, 6.07) is 5.83. The van der Waals surface area contributed by atoms with Crippen LogP contribution in [0, 0.1) is 20.8 Å². The lowest BCUT2D eigenvalue weighted by molar-refractivity contribution is 0.0945. The molecule has 0 aliphatic heterocycles. The van der Waals surface area contributed by atoms with Crippen molar-refractivity contribution in [3.05, 3.63) is 56.7 Å². The fourth-order valence-electron chi connectivity index (χ4n) is 2.69. The van der Waals surface area contributed by atoms with E-state index in [0.717, 1.165) is 32.7 Å². The molecule has 0 radical (unpaired) electrons. The molecule has 0 aromatic carbocycles. The van der Waals surface area contributed by atoms with E-state index in [4.69, 9.17) is 0 Å². The molecular weight excluding hydrogens is 394 g/mol. The highest BCUT2D eigenvalue weighted by molar-refractivity contribution is 7.15. The van der Waals surface area contributed by atoms with E-state index < -0.39 is 0 Å². The predicted octanol–water partition coefficient (Wildman–Crippen LogP) is 3.10. The average Bonchev–Trinajstić information content (AvgIpc) is 3.40. The molecule has 0 saturated carbocycles. The molecule has 4 aromatic rings. The van der Waals surface area contributed by atoms with E-state index in [1.807, 2.05) is 37.4 Å². The van der Waals surface area contributed by atoms with Crippen molar-refractivity contribution in [1.82, 2.24) is 35.5 Å². The van der Waals surface area contributed by atoms with Crippen molar-refractivity contribution in [2.45, 2.75) is 27.3 Å². The van der Waals surface area contributed by atoms with E-state index in [2.05, 4.69) is 37.7 Å². The summed E-state index contributed by atoms with van der Waals surface area (Å²) < 4.78 is 1.55. The molecule has 28 heavy (non-hydrogen) atoms. The van der Waals surface area contributed by atoms with Crippen molar-refractivity contribution in [3.8, 4) is 16.3 Å². The van der Waals surface area contributed by atoms with Gasteiger partial charge < -0.3 is 5.32 Å². The molecule has 0 aliphatic carbocycles. The molecule has 10 heteroatoms. The van der Waals surface area contributed by atoms with Gasteiger partial charge in [-0.05, 0) is 44.4 Å². The van der Waals surface area contributed by atoms with Gasteiger partial charge in [-0.1, -0.05) is 16.6 Å². The second kappa shape index (κ2) is 7.56. The van der Waals surface area contributed by atoms with Gasteiger partial charge in [0.05, 0.1) is 24.1 Å². The third-order valence-electron chi connectivity index (χ3n) is 4.13. The molecule has 0 spiro atoms. The first-order chi connectivity index (χ1) is 13.5. The Morgan fingerprint density at radius 1 is 1.14 bits per heavy atom. The van der Waals surface area contributed by atoms with Crippen LogP contribution in [-0.4, -0.2) is 36.1 Å². The number of nitrogens with one attached hydrogen (secondary N) is 1. The van der Waals surface area contributed by atoms with Crippen molar-refractivity contribution in [2.75, 3.05) is 0 Å². The van der Waals surface area contributed by atoms with Gasteiger partial charge in [0.1, 0.15) is 10.0 Å². The van der Waals surface area contributed by atoms with E-state index in [9.17, 15) is 4.79 Å². The van der Waals surface area contributed by atoms with Crippen LogP contribution in [-0.2, 0) is 6.54 Å². The first kappa shape index (κ1) is 18.4. The summed E-state index contributed by atoms with van der Waals surface area (Å²) in [6.07, 6.45) is 1.59. The smallest absolute Gasteiger partial charge is 0.273 e. The molecule has 1 N–H and O–H groups in total. The predicted molar refractivity (Wildman–Crippen MR) is 108 cm³/mol. The Labute approximate surface area is 169 Å². The summed E-state index contributed by atoms with van der Waals surface area (Å²) in [6.45, 7) is 6.16. The lowest BCUT2D eigenvalue weighted by Gasteiger charge is -2.04. The minimum absolute atomic E-state index is 0.235. The van der Waals surface area contributed by atoms with Crippen LogP contribution in [0.1, 0.15) is 31.8 Å². The average molecular weight is 412 g/mol. The fourth-order valence-corrected chi connectivity index (χ4v) is 4.32. The van der Waals surface area contributed by atoms with Crippen LogP contribution in [0.15, 0.2) is 29.8 Å². The van der Waals surface area contributed by atoms with Crippen LogP contribution in [0.4, 0.5) is 0 Å². The first-order valence-corrected chi connectivity index (χ1v) is 10.2. The summed E-state index contributed by atoms with van der Waals surface area (Å²) in [5.74, 6) is -0.313. The maximum atomic E-state index is 12.4. The lowest BCUT2D eigenvalue weighted by atomic mass is 10.3. The number of aromatic nitrogens is 6. The van der Waals surface area contributed by atoms with Gasteiger partial charge in [0.2, 0.25) is 0 Å². The van der Waals surface area contributed by atoms with Crippen LogP contribution in [0.5, 0.6) is 0 Å². The number of carbonyl (C=O) groups is 1. The summed E-state index contributed by atoms with van der Waals surface area (Å²) in [4.78, 5) is 18.0. The van der Waals surface area contributed by atoms with Gasteiger partial charge in [-0.2, -0.15) is 0 Å². The number of nitrogens with zero attached hydrogens (tertiary/aromatic N) is 6. The molecule has 0 bridgehead atoms. The van der Waals surface area contributed by atoms with Gasteiger partial charge in [0.25, 0.3) is 5.91 Å². The molecule has 4 heterocycles. The van der Waals surface area contributed by atoms with E-state index in [1.54, 1.807) is 22.2 Å². The summed E-state index contributed by atoms with van der Waals surface area (Å²) in [7, 11) is 0. The number of aryl methyl sites for hydroxylation is 3. The van der Waals surface area contributed by atoms with Gasteiger partial charge in [-0.15, -0.1) is 26.6 Å². The molecule has 0 unspecified atom stereocenters. The van der Waals surface area contributed by atoms with Crippen molar-refractivity contribution in [2.24, 2.45) is 0 Å². The zero-order valence-electron chi connectivity index (χ0n) is 15.5. The topological polar surface area (TPSA) is 98.5 Å². The van der Waals surface area contributed by atoms with Crippen LogP contribution < -0.4 is 5.32 Å². The Balaban J connectivity index is 1.43. The number of rotatable bonds is 5. The summed E-state index contributed by atoms with van der Waals surface area (Å²) in [5, 5.41) is 22.8. The SMILES string of the molecule is Cc1ccc(-n2cc(C(=O)NCc3nnc(-c4ccsc4C)s3)nn2)c(C)n1. The van der Waals surface area contributed by atoms with Crippen molar-refractivity contribution < 1.29 is 4.79 Å². The van der Waals surface area contributed by atoms with Crippen LogP contribution in [0.2, 0.25) is 0 Å². The Bertz CT molecular complexity index is 1140. The summed E-state index contributed by atoms with van der Waals surface area (Å²) in [5.41, 5.74) is 3.86. The van der Waals surface area contributed by atoms with Gasteiger partial charge in [0, 0.05) is 16.1 Å². The number of hydrogen-bond acceptors (Lipinski definition) is 8. The van der Waals surface area contributed by atoms with E-state index in [-0.39, 0.29) is 18.1 Å². The molecule has 0 fully saturated rings. The van der Waals surface area contributed by atoms with Crippen LogP contribution in [0.25, 0.3) is 16.3 Å². The number of amides is 1. The van der Waals surface area contributed by atoms with E-state index in [0.29, 0.717) is 0 Å². The Morgan fingerprint density at radius 3 is 2.75 bits per heavy atom. The number of thiophene rings is 1. The summed E-state index contributed by atoms with van der Waals surface area (Å²) >= 11 is 3.14. The molecule has 4 rings (SSSR count). The van der Waals surface area contributed by atoms with Crippen LogP contribution >= 0.6 is 22.7 Å². The molecule has 0 aliphatic rings. The molecule has 0 atom stereocenters. The number of pyridine rings is 1. The quantitative estimate of drug-likeness (QED) is 0.542. The Morgan fingerprint density at radius 2 is 2.00 bits per heavy atom. The van der Waals surface area contributed by atoms with E-state index in [1.165, 1.54) is 16.2 Å². The fraction of sp³-hybridized carbons (Fsp3) is 0.222. The van der Waals surface area contributed by atoms with Crippen molar-refractivity contribution >= 4 is 28.6 Å². The van der Waals surface area contributed by atoms with Gasteiger partial charge in [0.15, 0.2) is 5.69 Å². The molecule has 1 amide bonds. The minimum Gasteiger partial charge on any atom is -0.344 e. The van der Waals surface area contributed by atoms with Gasteiger partial charge in [-0.3, -0.25) is 9.78 Å². The molecule has 8 nitrogen and oxygen atoms in total. The minimum atomic E-state index is -0.313. The van der Waals surface area contributed by atoms with Crippen LogP contribution in [0.3, 0.4) is 0 Å². The second-order valence-electron chi connectivity index (χ2n) is 6.18. The third-order valence-corrected chi connectivity index (χ3v) is 5.93. The maximum Gasteiger partial charge on any atom is 0.273 e. The normalized spacial score (nSPS) is 11.0. The van der Waals surface area contributed by atoms with Crippen molar-refractivity contribution in [1.29, 1.82) is 0 Å². The zero-order valence-corrected chi connectivity index (χ0v) is 17.1. The highest BCUT2D eigenvalue weighted by Gasteiger charge is 2.15. The molecule has 142 valence electrons. The zero-order chi connectivity index (χ0) is 19.7. The largest absolute Gasteiger partial charge is 0.344 e. The standard InChI is InChI=1S/C18H17N7OS2/c1-10-4-5-15(11(2)20-10)25-9-14(21-24-25)17(26)19-8-16-22-23-18(28-16)13-6-7-27-12(13)3/h4-7,9H,8H2,1-3H3,(H,19,26). The van der Waals surface area contributed by atoms with E-state index >= 15 is 0 Å². The Kier molecular flexibility index (Phi) is 4.97. The Hall–Kier alpha value is -2.98. The highest BCUT2D eigenvalue weighted by atomic mass is 32.1. The molecule has 4 aromatic heterocycles. The highest BCUT2D eigenvalue weighted by Crippen LogP contribution is 2.29. The monoisotopic (exact) mass is 411 g/mol. The lowest BCUT2D eigenvalue weighted by Crippen LogP contribution is -2.23.